The topological polar surface area (TPSA) is 60.1 Å². The lowest BCUT2D eigenvalue weighted by molar-refractivity contribution is -0.384. The molecule has 1 aromatic heterocycles. The number of anilines is 1. The van der Waals surface area contributed by atoms with E-state index in [0.717, 1.165) is 0 Å². The van der Waals surface area contributed by atoms with Crippen LogP contribution in [0.1, 0.15) is 17.0 Å². The summed E-state index contributed by atoms with van der Waals surface area (Å²) in [4.78, 5) is 10.4. The van der Waals surface area contributed by atoms with E-state index in [2.05, 4.69) is 16.0 Å². The molecule has 0 radical (unpaired) electrons. The number of benzene rings is 1. The van der Waals surface area contributed by atoms with Crippen LogP contribution in [0, 0.1) is 24.0 Å². The maximum absolute atomic E-state index is 10.8. The zero-order chi connectivity index (χ0) is 14.9. The van der Waals surface area contributed by atoms with Gasteiger partial charge in [0.1, 0.15) is 5.02 Å². The largest absolute Gasteiger partial charge is 0.381 e. The van der Waals surface area contributed by atoms with Crippen molar-refractivity contribution in [2.75, 3.05) is 5.32 Å². The van der Waals surface area contributed by atoms with Crippen molar-refractivity contribution in [2.45, 2.75) is 20.4 Å². The van der Waals surface area contributed by atoms with Gasteiger partial charge in [-0.25, -0.2) is 0 Å². The molecule has 5 nitrogen and oxygen atoms in total. The first-order valence-electron chi connectivity index (χ1n) is 6.19. The maximum Gasteiger partial charge on any atom is 0.289 e. The van der Waals surface area contributed by atoms with E-state index in [9.17, 15) is 10.1 Å². The first-order valence-corrected chi connectivity index (χ1v) is 6.57. The van der Waals surface area contributed by atoms with Gasteiger partial charge in [-0.05, 0) is 37.6 Å². The van der Waals surface area contributed by atoms with E-state index in [4.69, 9.17) is 11.6 Å². The van der Waals surface area contributed by atoms with Crippen molar-refractivity contribution >= 4 is 23.0 Å². The lowest BCUT2D eigenvalue weighted by Gasteiger charge is -2.07. The van der Waals surface area contributed by atoms with Gasteiger partial charge in [-0.2, -0.15) is 0 Å². The average Bonchev–Trinajstić information content (AvgIpc) is 2.65. The Morgan fingerprint density at radius 1 is 1.35 bits per heavy atom. The second-order valence-corrected chi connectivity index (χ2v) is 5.14. The highest BCUT2D eigenvalue weighted by Gasteiger charge is 2.13. The Morgan fingerprint density at radius 2 is 2.05 bits per heavy atom. The van der Waals surface area contributed by atoms with Gasteiger partial charge in [-0.1, -0.05) is 11.6 Å². The van der Waals surface area contributed by atoms with Crippen molar-refractivity contribution in [3.63, 3.8) is 0 Å². The van der Waals surface area contributed by atoms with Gasteiger partial charge in [0, 0.05) is 36.7 Å². The number of nitro groups is 1. The van der Waals surface area contributed by atoms with Crippen LogP contribution in [-0.4, -0.2) is 9.49 Å². The highest BCUT2D eigenvalue weighted by atomic mass is 35.5. The second kappa shape index (κ2) is 5.54. The molecule has 106 valence electrons. The summed E-state index contributed by atoms with van der Waals surface area (Å²) in [7, 11) is 2.02. The molecule has 20 heavy (non-hydrogen) atoms. The number of nitro benzene ring substituents is 1. The fourth-order valence-electron chi connectivity index (χ4n) is 2.07. The van der Waals surface area contributed by atoms with Crippen LogP contribution in [-0.2, 0) is 13.6 Å². The molecule has 0 spiro atoms. The van der Waals surface area contributed by atoms with E-state index in [1.807, 2.05) is 20.9 Å². The molecule has 0 amide bonds. The molecule has 2 rings (SSSR count). The number of hydrogen-bond acceptors (Lipinski definition) is 3. The third-order valence-corrected chi connectivity index (χ3v) is 3.83. The molecule has 0 unspecified atom stereocenters. The third-order valence-electron chi connectivity index (χ3n) is 3.51. The smallest absolute Gasteiger partial charge is 0.289 e. The molecule has 0 atom stereocenters. The van der Waals surface area contributed by atoms with Gasteiger partial charge in [0.2, 0.25) is 0 Å². The lowest BCUT2D eigenvalue weighted by Crippen LogP contribution is -2.02. The fraction of sp³-hybridized carbons (Fsp3) is 0.286. The maximum atomic E-state index is 10.8. The highest BCUT2D eigenvalue weighted by Crippen LogP contribution is 2.27. The van der Waals surface area contributed by atoms with E-state index in [1.54, 1.807) is 6.07 Å². The van der Waals surface area contributed by atoms with Crippen molar-refractivity contribution in [3.8, 4) is 0 Å². The first-order chi connectivity index (χ1) is 9.40. The summed E-state index contributed by atoms with van der Waals surface area (Å²) in [5.74, 6) is 0. The molecule has 0 saturated carbocycles. The Kier molecular flexibility index (Phi) is 3.99. The molecule has 1 N–H and O–H groups in total. The second-order valence-electron chi connectivity index (χ2n) is 4.73. The monoisotopic (exact) mass is 293 g/mol. The summed E-state index contributed by atoms with van der Waals surface area (Å²) in [5, 5.41) is 14.2. The quantitative estimate of drug-likeness (QED) is 0.688. The number of halogens is 1. The summed E-state index contributed by atoms with van der Waals surface area (Å²) >= 11 is 5.78. The predicted molar refractivity (Wildman–Crippen MR) is 80.3 cm³/mol. The molecule has 2 aromatic rings. The number of nitrogens with zero attached hydrogens (tertiary/aromatic N) is 2. The van der Waals surface area contributed by atoms with Crippen LogP contribution in [0.25, 0.3) is 0 Å². The Labute approximate surface area is 122 Å². The van der Waals surface area contributed by atoms with Gasteiger partial charge >= 0.3 is 0 Å². The standard InChI is InChI=1S/C14H16ClN3O2/c1-9-6-11(10(2)17(9)3)8-16-12-4-5-13(15)14(7-12)18(19)20/h4-7,16H,8H2,1-3H3. The molecule has 0 saturated heterocycles. The van der Waals surface area contributed by atoms with Crippen LogP contribution >= 0.6 is 11.6 Å². The summed E-state index contributed by atoms with van der Waals surface area (Å²) in [6.45, 7) is 4.71. The molecular weight excluding hydrogens is 278 g/mol. The average molecular weight is 294 g/mol. The normalized spacial score (nSPS) is 10.6. The minimum absolute atomic E-state index is 0.0855. The molecule has 0 aliphatic carbocycles. The van der Waals surface area contributed by atoms with E-state index in [1.165, 1.54) is 29.1 Å². The van der Waals surface area contributed by atoms with Gasteiger partial charge in [0.05, 0.1) is 4.92 Å². The molecule has 0 bridgehead atoms. The third kappa shape index (κ3) is 2.77. The number of nitrogens with one attached hydrogen (secondary N) is 1. The highest BCUT2D eigenvalue weighted by molar-refractivity contribution is 6.32. The van der Waals surface area contributed by atoms with Crippen molar-refractivity contribution in [1.82, 2.24) is 4.57 Å². The molecule has 1 heterocycles. The van der Waals surface area contributed by atoms with Crippen LogP contribution in [0.15, 0.2) is 24.3 Å². The molecule has 0 aliphatic rings. The summed E-state index contributed by atoms with van der Waals surface area (Å²) in [6, 6.07) is 6.83. The van der Waals surface area contributed by atoms with Crippen LogP contribution in [0.3, 0.4) is 0 Å². The number of aromatic nitrogens is 1. The van der Waals surface area contributed by atoms with Gasteiger partial charge < -0.3 is 9.88 Å². The van der Waals surface area contributed by atoms with Crippen molar-refractivity contribution in [1.29, 1.82) is 0 Å². The van der Waals surface area contributed by atoms with Gasteiger partial charge in [0.15, 0.2) is 0 Å². The van der Waals surface area contributed by atoms with Crippen molar-refractivity contribution in [2.24, 2.45) is 7.05 Å². The molecular formula is C14H16ClN3O2. The SMILES string of the molecule is Cc1cc(CNc2ccc(Cl)c([N+](=O)[O-])c2)c(C)n1C. The van der Waals surface area contributed by atoms with Crippen LogP contribution < -0.4 is 5.32 Å². The summed E-state index contributed by atoms with van der Waals surface area (Å²) in [6.07, 6.45) is 0. The first kappa shape index (κ1) is 14.4. The summed E-state index contributed by atoms with van der Waals surface area (Å²) in [5.41, 5.74) is 4.13. The van der Waals surface area contributed by atoms with E-state index < -0.39 is 4.92 Å². The van der Waals surface area contributed by atoms with Gasteiger partial charge in [-0.15, -0.1) is 0 Å². The van der Waals surface area contributed by atoms with Crippen molar-refractivity contribution < 1.29 is 4.92 Å². The lowest BCUT2D eigenvalue weighted by atomic mass is 10.2. The van der Waals surface area contributed by atoms with Gasteiger partial charge in [-0.3, -0.25) is 10.1 Å². The van der Waals surface area contributed by atoms with Crippen LogP contribution in [0.5, 0.6) is 0 Å². The Morgan fingerprint density at radius 3 is 2.60 bits per heavy atom. The van der Waals surface area contributed by atoms with E-state index in [-0.39, 0.29) is 10.7 Å². The number of hydrogen-bond donors (Lipinski definition) is 1. The Balaban J connectivity index is 2.17. The van der Waals surface area contributed by atoms with E-state index in [0.29, 0.717) is 12.2 Å². The minimum Gasteiger partial charge on any atom is -0.381 e. The Bertz CT molecular complexity index is 665. The number of aryl methyl sites for hydroxylation is 1. The van der Waals surface area contributed by atoms with Crippen molar-refractivity contribution in [3.05, 3.63) is 56.4 Å². The zero-order valence-electron chi connectivity index (χ0n) is 11.6. The molecule has 1 aromatic carbocycles. The predicted octanol–water partition coefficient (Wildman–Crippen LogP) is 3.82. The number of rotatable bonds is 4. The molecule has 6 heteroatoms. The van der Waals surface area contributed by atoms with Crippen LogP contribution in [0.4, 0.5) is 11.4 Å². The van der Waals surface area contributed by atoms with Crippen LogP contribution in [0.2, 0.25) is 5.02 Å². The summed E-state index contributed by atoms with van der Waals surface area (Å²) < 4.78 is 2.11. The van der Waals surface area contributed by atoms with E-state index >= 15 is 0 Å². The zero-order valence-corrected chi connectivity index (χ0v) is 12.4. The Hall–Kier alpha value is -2.01. The molecule has 0 aliphatic heterocycles. The molecule has 0 fully saturated rings. The fourth-order valence-corrected chi connectivity index (χ4v) is 2.26. The van der Waals surface area contributed by atoms with Gasteiger partial charge in [0.25, 0.3) is 5.69 Å². The minimum atomic E-state index is -0.481.